The van der Waals surface area contributed by atoms with Gasteiger partial charge in [-0.15, -0.1) is 0 Å². The number of hydrogen-bond donors (Lipinski definition) is 1. The molecular weight excluding hydrogens is 184 g/mol. The molecule has 0 fully saturated rings. The highest BCUT2D eigenvalue weighted by molar-refractivity contribution is 5.19. The highest BCUT2D eigenvalue weighted by Gasteiger charge is 1.64. The lowest BCUT2D eigenvalue weighted by atomic mass is 10.3. The SMILES string of the molecule is CC=CC=CC=CC=CC=CC=CCO. The highest BCUT2D eigenvalue weighted by atomic mass is 16.2. The smallest absolute Gasteiger partial charge is 0.0615 e. The molecule has 0 unspecified atom stereocenters. The van der Waals surface area contributed by atoms with Crippen LogP contribution in [0.1, 0.15) is 6.92 Å². The van der Waals surface area contributed by atoms with E-state index in [1.54, 1.807) is 12.2 Å². The Morgan fingerprint density at radius 1 is 0.667 bits per heavy atom. The number of hydrogen-bond acceptors (Lipinski definition) is 1. The van der Waals surface area contributed by atoms with Crippen LogP contribution in [0.3, 0.4) is 0 Å². The van der Waals surface area contributed by atoms with Crippen LogP contribution in [0.15, 0.2) is 72.9 Å². The summed E-state index contributed by atoms with van der Waals surface area (Å²) in [6.07, 6.45) is 23.0. The minimum Gasteiger partial charge on any atom is -0.392 e. The average Bonchev–Trinajstić information content (AvgIpc) is 2.26. The van der Waals surface area contributed by atoms with E-state index in [4.69, 9.17) is 5.11 Å². The standard InChI is InChI=1S/C14H18O/c1-2-3-4-5-6-7-8-9-10-11-12-13-14-15/h2-13,15H,14H2,1H3. The second-order valence-corrected chi connectivity index (χ2v) is 2.68. The number of rotatable bonds is 6. The quantitative estimate of drug-likeness (QED) is 0.655. The Bertz CT molecular complexity index is 288. The second-order valence-electron chi connectivity index (χ2n) is 2.68. The summed E-state index contributed by atoms with van der Waals surface area (Å²) in [5.41, 5.74) is 0. The van der Waals surface area contributed by atoms with E-state index >= 15 is 0 Å². The summed E-state index contributed by atoms with van der Waals surface area (Å²) in [5.74, 6) is 0. The summed E-state index contributed by atoms with van der Waals surface area (Å²) in [7, 11) is 0. The van der Waals surface area contributed by atoms with Gasteiger partial charge in [-0.2, -0.15) is 0 Å². The lowest BCUT2D eigenvalue weighted by molar-refractivity contribution is 0.343. The first-order chi connectivity index (χ1) is 7.41. The van der Waals surface area contributed by atoms with Crippen molar-refractivity contribution in [3.63, 3.8) is 0 Å². The molecule has 80 valence electrons. The molecule has 0 heterocycles. The zero-order valence-electron chi connectivity index (χ0n) is 9.08. The molecule has 0 aromatic carbocycles. The molecule has 0 aromatic heterocycles. The molecule has 0 saturated heterocycles. The van der Waals surface area contributed by atoms with E-state index in [9.17, 15) is 0 Å². The summed E-state index contributed by atoms with van der Waals surface area (Å²) in [4.78, 5) is 0. The maximum Gasteiger partial charge on any atom is 0.0615 e. The van der Waals surface area contributed by atoms with Crippen molar-refractivity contribution in [2.24, 2.45) is 0 Å². The van der Waals surface area contributed by atoms with Gasteiger partial charge < -0.3 is 5.11 Å². The fourth-order valence-electron chi connectivity index (χ4n) is 0.764. The van der Waals surface area contributed by atoms with Gasteiger partial charge in [0.25, 0.3) is 0 Å². The van der Waals surface area contributed by atoms with E-state index in [1.807, 2.05) is 67.7 Å². The minimum atomic E-state index is 0.0870. The zero-order chi connectivity index (χ0) is 11.2. The van der Waals surface area contributed by atoms with Gasteiger partial charge in [-0.05, 0) is 6.92 Å². The Balaban J connectivity index is 3.70. The third-order valence-corrected chi connectivity index (χ3v) is 1.43. The van der Waals surface area contributed by atoms with Crippen molar-refractivity contribution < 1.29 is 5.11 Å². The van der Waals surface area contributed by atoms with Crippen molar-refractivity contribution in [1.29, 1.82) is 0 Å². The number of aliphatic hydroxyl groups excluding tert-OH is 1. The normalized spacial score (nSPS) is 14.0. The van der Waals surface area contributed by atoms with Crippen LogP contribution in [0.4, 0.5) is 0 Å². The van der Waals surface area contributed by atoms with Crippen LogP contribution >= 0.6 is 0 Å². The van der Waals surface area contributed by atoms with Crippen LogP contribution in [0.5, 0.6) is 0 Å². The summed E-state index contributed by atoms with van der Waals surface area (Å²) in [6, 6.07) is 0. The van der Waals surface area contributed by atoms with E-state index in [0.29, 0.717) is 0 Å². The number of allylic oxidation sites excluding steroid dienone is 11. The van der Waals surface area contributed by atoms with Crippen LogP contribution in [0.25, 0.3) is 0 Å². The zero-order valence-corrected chi connectivity index (χ0v) is 9.08. The molecule has 0 aliphatic carbocycles. The van der Waals surface area contributed by atoms with Crippen LogP contribution in [0, 0.1) is 0 Å². The Labute approximate surface area is 92.1 Å². The Kier molecular flexibility index (Phi) is 11.1. The van der Waals surface area contributed by atoms with Crippen LogP contribution in [-0.4, -0.2) is 11.7 Å². The molecule has 0 rings (SSSR count). The van der Waals surface area contributed by atoms with Crippen molar-refractivity contribution >= 4 is 0 Å². The maximum atomic E-state index is 8.45. The molecule has 0 amide bonds. The summed E-state index contributed by atoms with van der Waals surface area (Å²) in [5, 5.41) is 8.45. The molecular formula is C14H18O. The Hall–Kier alpha value is -1.60. The van der Waals surface area contributed by atoms with E-state index in [2.05, 4.69) is 0 Å². The van der Waals surface area contributed by atoms with Crippen LogP contribution < -0.4 is 0 Å². The molecule has 1 N–H and O–H groups in total. The van der Waals surface area contributed by atoms with Gasteiger partial charge in [0, 0.05) is 0 Å². The third kappa shape index (κ3) is 12.4. The van der Waals surface area contributed by atoms with Gasteiger partial charge in [0.15, 0.2) is 0 Å². The Morgan fingerprint density at radius 3 is 1.47 bits per heavy atom. The molecule has 1 nitrogen and oxygen atoms in total. The molecule has 0 aromatic rings. The van der Waals surface area contributed by atoms with Crippen molar-refractivity contribution in [1.82, 2.24) is 0 Å². The second kappa shape index (κ2) is 12.4. The highest BCUT2D eigenvalue weighted by Crippen LogP contribution is 1.84. The van der Waals surface area contributed by atoms with Gasteiger partial charge >= 0.3 is 0 Å². The van der Waals surface area contributed by atoms with Gasteiger partial charge in [-0.25, -0.2) is 0 Å². The minimum absolute atomic E-state index is 0.0870. The average molecular weight is 202 g/mol. The van der Waals surface area contributed by atoms with Gasteiger partial charge in [0.05, 0.1) is 6.61 Å². The fraction of sp³-hybridized carbons (Fsp3) is 0.143. The van der Waals surface area contributed by atoms with E-state index < -0.39 is 0 Å². The predicted octanol–water partition coefficient (Wildman–Crippen LogP) is 3.34. The van der Waals surface area contributed by atoms with Crippen molar-refractivity contribution in [3.05, 3.63) is 72.9 Å². The Morgan fingerprint density at radius 2 is 1.07 bits per heavy atom. The monoisotopic (exact) mass is 202 g/mol. The van der Waals surface area contributed by atoms with Crippen molar-refractivity contribution in [3.8, 4) is 0 Å². The molecule has 0 bridgehead atoms. The van der Waals surface area contributed by atoms with E-state index in [1.165, 1.54) is 0 Å². The molecule has 0 spiro atoms. The van der Waals surface area contributed by atoms with Crippen LogP contribution in [-0.2, 0) is 0 Å². The lowest BCUT2D eigenvalue weighted by Crippen LogP contribution is -1.66. The first-order valence-electron chi connectivity index (χ1n) is 4.97. The first kappa shape index (κ1) is 13.4. The largest absolute Gasteiger partial charge is 0.392 e. The summed E-state index contributed by atoms with van der Waals surface area (Å²) >= 11 is 0. The van der Waals surface area contributed by atoms with Gasteiger partial charge in [-0.1, -0.05) is 72.9 Å². The molecule has 0 aliphatic heterocycles. The van der Waals surface area contributed by atoms with E-state index in [-0.39, 0.29) is 6.61 Å². The summed E-state index contributed by atoms with van der Waals surface area (Å²) < 4.78 is 0. The van der Waals surface area contributed by atoms with Crippen molar-refractivity contribution in [2.75, 3.05) is 6.61 Å². The number of aliphatic hydroxyl groups is 1. The molecule has 15 heavy (non-hydrogen) atoms. The van der Waals surface area contributed by atoms with Gasteiger partial charge in [0.2, 0.25) is 0 Å². The predicted molar refractivity (Wildman–Crippen MR) is 67.6 cm³/mol. The molecule has 0 radical (unpaired) electrons. The third-order valence-electron chi connectivity index (χ3n) is 1.43. The lowest BCUT2D eigenvalue weighted by Gasteiger charge is -1.75. The molecule has 0 aliphatic rings. The van der Waals surface area contributed by atoms with Gasteiger partial charge in [0.1, 0.15) is 0 Å². The van der Waals surface area contributed by atoms with Gasteiger partial charge in [-0.3, -0.25) is 0 Å². The first-order valence-corrected chi connectivity index (χ1v) is 4.97. The fourth-order valence-corrected chi connectivity index (χ4v) is 0.764. The van der Waals surface area contributed by atoms with Crippen LogP contribution in [0.2, 0.25) is 0 Å². The molecule has 0 saturated carbocycles. The molecule has 0 atom stereocenters. The molecule has 1 heteroatoms. The van der Waals surface area contributed by atoms with Crippen molar-refractivity contribution in [2.45, 2.75) is 6.92 Å². The van der Waals surface area contributed by atoms with E-state index in [0.717, 1.165) is 0 Å². The summed E-state index contributed by atoms with van der Waals surface area (Å²) in [6.45, 7) is 2.07. The maximum absolute atomic E-state index is 8.45. The topological polar surface area (TPSA) is 20.2 Å².